The summed E-state index contributed by atoms with van der Waals surface area (Å²) in [5.74, 6) is 2.46. The average Bonchev–Trinajstić information content (AvgIpc) is 3.20. The highest BCUT2D eigenvalue weighted by Gasteiger charge is 2.12. The zero-order chi connectivity index (χ0) is 21.1. The Labute approximate surface area is 177 Å². The lowest BCUT2D eigenvalue weighted by atomic mass is 10.3. The van der Waals surface area contributed by atoms with Crippen LogP contribution < -0.4 is 14.8 Å². The molecule has 0 aliphatic rings. The Kier molecular flexibility index (Phi) is 9.73. The number of aromatic nitrogens is 1. The predicted octanol–water partition coefficient (Wildman–Crippen LogP) is 3.73. The second kappa shape index (κ2) is 12.3. The molecule has 1 unspecified atom stereocenters. The number of rotatable bonds is 11. The van der Waals surface area contributed by atoms with Gasteiger partial charge >= 0.3 is 0 Å². The van der Waals surface area contributed by atoms with Crippen LogP contribution in [0, 0.1) is 0 Å². The highest BCUT2D eigenvalue weighted by atomic mass is 32.1. The van der Waals surface area contributed by atoms with Gasteiger partial charge in [0, 0.05) is 45.1 Å². The number of guanidine groups is 1. The van der Waals surface area contributed by atoms with E-state index in [0.717, 1.165) is 41.1 Å². The van der Waals surface area contributed by atoms with Gasteiger partial charge in [0.05, 0.1) is 26.0 Å². The third-order valence-electron chi connectivity index (χ3n) is 4.24. The summed E-state index contributed by atoms with van der Waals surface area (Å²) in [5, 5.41) is 6.41. The van der Waals surface area contributed by atoms with E-state index in [2.05, 4.69) is 27.5 Å². The summed E-state index contributed by atoms with van der Waals surface area (Å²) in [5.41, 5.74) is 1.02. The summed E-state index contributed by atoms with van der Waals surface area (Å²) in [7, 11) is 5.37. The largest absolute Gasteiger partial charge is 0.497 e. The Hall–Kier alpha value is -2.32. The Bertz CT molecular complexity index is 766. The van der Waals surface area contributed by atoms with E-state index in [1.165, 1.54) is 0 Å². The van der Waals surface area contributed by atoms with E-state index in [0.29, 0.717) is 19.7 Å². The molecule has 0 saturated carbocycles. The second-order valence-electron chi connectivity index (χ2n) is 6.53. The third-order valence-corrected chi connectivity index (χ3v) is 5.30. The number of benzene rings is 1. The second-order valence-corrected chi connectivity index (χ2v) is 7.42. The summed E-state index contributed by atoms with van der Waals surface area (Å²) >= 11 is 1.63. The summed E-state index contributed by atoms with van der Waals surface area (Å²) in [4.78, 5) is 11.5. The van der Waals surface area contributed by atoms with Crippen molar-refractivity contribution in [2.45, 2.75) is 32.9 Å². The van der Waals surface area contributed by atoms with E-state index < -0.39 is 0 Å². The molecule has 7 nitrogen and oxygen atoms in total. The fourth-order valence-electron chi connectivity index (χ4n) is 2.60. The molecule has 29 heavy (non-hydrogen) atoms. The first-order valence-corrected chi connectivity index (χ1v) is 10.7. The number of nitrogens with one attached hydrogen (secondary N) is 1. The van der Waals surface area contributed by atoms with Crippen LogP contribution in [-0.4, -0.2) is 56.8 Å². The van der Waals surface area contributed by atoms with Crippen molar-refractivity contribution in [3.05, 3.63) is 40.3 Å². The van der Waals surface area contributed by atoms with Crippen LogP contribution in [-0.2, 0) is 11.3 Å². The Balaban J connectivity index is 1.83. The molecule has 0 amide bonds. The van der Waals surface area contributed by atoms with Gasteiger partial charge in [-0.3, -0.25) is 4.99 Å². The van der Waals surface area contributed by atoms with Crippen LogP contribution in [0.15, 0.2) is 34.6 Å². The van der Waals surface area contributed by atoms with Crippen LogP contribution in [0.4, 0.5) is 0 Å². The highest BCUT2D eigenvalue weighted by molar-refractivity contribution is 7.09. The van der Waals surface area contributed by atoms with Crippen LogP contribution in [0.2, 0.25) is 0 Å². The lowest BCUT2D eigenvalue weighted by Gasteiger charge is -2.21. The number of aliphatic imine (C=N–C) groups is 1. The van der Waals surface area contributed by atoms with Gasteiger partial charge in [-0.2, -0.15) is 0 Å². The minimum atomic E-state index is 0.0190. The van der Waals surface area contributed by atoms with Gasteiger partial charge in [-0.15, -0.1) is 11.3 Å². The van der Waals surface area contributed by atoms with Gasteiger partial charge in [0.1, 0.15) is 22.6 Å². The molecular weight excluding hydrogens is 388 g/mol. The maximum absolute atomic E-state index is 5.78. The van der Waals surface area contributed by atoms with Gasteiger partial charge in [-0.05, 0) is 26.0 Å². The van der Waals surface area contributed by atoms with Gasteiger partial charge in [0.2, 0.25) is 0 Å². The van der Waals surface area contributed by atoms with Crippen molar-refractivity contribution in [2.75, 3.05) is 41.0 Å². The Morgan fingerprint density at radius 2 is 2.10 bits per heavy atom. The van der Waals surface area contributed by atoms with Crippen molar-refractivity contribution < 1.29 is 14.2 Å². The van der Waals surface area contributed by atoms with Crippen molar-refractivity contribution in [3.8, 4) is 11.5 Å². The number of ether oxygens (including phenoxy) is 3. The molecule has 0 spiro atoms. The average molecular weight is 421 g/mol. The van der Waals surface area contributed by atoms with E-state index in [9.17, 15) is 0 Å². The molecule has 2 aromatic rings. The maximum atomic E-state index is 5.78. The Morgan fingerprint density at radius 1 is 1.31 bits per heavy atom. The third kappa shape index (κ3) is 7.55. The molecule has 160 valence electrons. The minimum Gasteiger partial charge on any atom is -0.497 e. The summed E-state index contributed by atoms with van der Waals surface area (Å²) in [6.45, 7) is 6.86. The highest BCUT2D eigenvalue weighted by Crippen LogP contribution is 2.21. The first-order chi connectivity index (χ1) is 14.1. The normalized spacial score (nSPS) is 12.5. The van der Waals surface area contributed by atoms with E-state index in [-0.39, 0.29) is 6.10 Å². The molecule has 0 radical (unpaired) electrons. The smallest absolute Gasteiger partial charge is 0.194 e. The maximum Gasteiger partial charge on any atom is 0.194 e. The van der Waals surface area contributed by atoms with Gasteiger partial charge in [-0.1, -0.05) is 6.07 Å². The van der Waals surface area contributed by atoms with Crippen LogP contribution >= 0.6 is 11.3 Å². The van der Waals surface area contributed by atoms with E-state index >= 15 is 0 Å². The molecule has 0 aliphatic carbocycles. The lowest BCUT2D eigenvalue weighted by Crippen LogP contribution is -2.38. The van der Waals surface area contributed by atoms with E-state index in [1.807, 2.05) is 38.2 Å². The predicted molar refractivity (Wildman–Crippen MR) is 118 cm³/mol. The molecule has 2 rings (SSSR count). The standard InChI is InChI=1S/C21H32N4O3S/c1-6-22-21(25(3)14-17-15-29-20(24-17)16(2)26-4)23-11-8-12-28-19-10-7-9-18(13-19)27-5/h7,9-10,13,15-16H,6,8,11-12,14H2,1-5H3,(H,22,23). The van der Waals surface area contributed by atoms with Crippen LogP contribution in [0.5, 0.6) is 11.5 Å². The molecule has 1 N–H and O–H groups in total. The number of hydrogen-bond acceptors (Lipinski definition) is 6. The number of thiazole rings is 1. The quantitative estimate of drug-likeness (QED) is 0.339. The minimum absolute atomic E-state index is 0.0190. The molecule has 1 aromatic heterocycles. The van der Waals surface area contributed by atoms with Gasteiger partial charge in [0.15, 0.2) is 5.96 Å². The van der Waals surface area contributed by atoms with Crippen LogP contribution in [0.25, 0.3) is 0 Å². The monoisotopic (exact) mass is 420 g/mol. The molecule has 0 aliphatic heterocycles. The molecule has 0 saturated heterocycles. The van der Waals surface area contributed by atoms with Crippen molar-refractivity contribution in [1.29, 1.82) is 0 Å². The molecule has 1 heterocycles. The summed E-state index contributed by atoms with van der Waals surface area (Å²) in [6.07, 6.45) is 0.845. The first-order valence-electron chi connectivity index (χ1n) is 9.80. The summed E-state index contributed by atoms with van der Waals surface area (Å²) < 4.78 is 16.3. The van der Waals surface area contributed by atoms with E-state index in [1.54, 1.807) is 25.6 Å². The van der Waals surface area contributed by atoms with Gasteiger partial charge in [0.25, 0.3) is 0 Å². The molecular formula is C21H32N4O3S. The zero-order valence-electron chi connectivity index (χ0n) is 18.0. The van der Waals surface area contributed by atoms with Crippen molar-refractivity contribution in [1.82, 2.24) is 15.2 Å². The number of hydrogen-bond donors (Lipinski definition) is 1. The molecule has 1 aromatic carbocycles. The topological polar surface area (TPSA) is 68.2 Å². The van der Waals surface area contributed by atoms with Crippen LogP contribution in [0.1, 0.15) is 37.1 Å². The fourth-order valence-corrected chi connectivity index (χ4v) is 3.44. The number of nitrogens with zero attached hydrogens (tertiary/aromatic N) is 3. The lowest BCUT2D eigenvalue weighted by molar-refractivity contribution is 0.119. The SMILES string of the molecule is CCNC(=NCCCOc1cccc(OC)c1)N(C)Cc1csc(C(C)OC)n1. The van der Waals surface area contributed by atoms with Crippen LogP contribution in [0.3, 0.4) is 0 Å². The fraction of sp³-hybridized carbons (Fsp3) is 0.524. The van der Waals surface area contributed by atoms with Crippen molar-refractivity contribution in [3.63, 3.8) is 0 Å². The molecule has 0 bridgehead atoms. The molecule has 0 fully saturated rings. The molecule has 8 heteroatoms. The number of methoxy groups -OCH3 is 2. The zero-order valence-corrected chi connectivity index (χ0v) is 18.8. The van der Waals surface area contributed by atoms with E-state index in [4.69, 9.17) is 19.2 Å². The van der Waals surface area contributed by atoms with Crippen molar-refractivity contribution in [2.24, 2.45) is 4.99 Å². The van der Waals surface area contributed by atoms with Gasteiger partial charge in [-0.25, -0.2) is 4.98 Å². The van der Waals surface area contributed by atoms with Gasteiger partial charge < -0.3 is 24.4 Å². The van der Waals surface area contributed by atoms with Crippen molar-refractivity contribution >= 4 is 17.3 Å². The molecule has 1 atom stereocenters. The Morgan fingerprint density at radius 3 is 2.83 bits per heavy atom. The first kappa shape index (κ1) is 23.0. The summed E-state index contributed by atoms with van der Waals surface area (Å²) in [6, 6.07) is 7.63.